The van der Waals surface area contributed by atoms with Crippen molar-refractivity contribution in [3.63, 3.8) is 0 Å². The topological polar surface area (TPSA) is 47.1 Å². The Bertz CT molecular complexity index is 1140. The normalized spacial score (nSPS) is 27.0. The van der Waals surface area contributed by atoms with Gasteiger partial charge >= 0.3 is 0 Å². The van der Waals surface area contributed by atoms with Crippen LogP contribution < -0.4 is 0 Å². The van der Waals surface area contributed by atoms with E-state index in [1.54, 1.807) is 0 Å². The molecular formula is C34H53ClN4O2S. The minimum absolute atomic E-state index is 0.0351. The van der Waals surface area contributed by atoms with Crippen molar-refractivity contribution in [2.45, 2.75) is 110 Å². The first-order valence-electron chi connectivity index (χ1n) is 15.8. The molecule has 0 radical (unpaired) electrons. The summed E-state index contributed by atoms with van der Waals surface area (Å²) in [5.41, 5.74) is 1.41. The predicted octanol–water partition coefficient (Wildman–Crippen LogP) is 6.47. The highest BCUT2D eigenvalue weighted by Crippen LogP contribution is 2.42. The molecule has 1 aromatic rings. The molecule has 6 nitrogen and oxygen atoms in total. The lowest BCUT2D eigenvalue weighted by atomic mass is 9.75. The number of halogens is 1. The van der Waals surface area contributed by atoms with Gasteiger partial charge in [0.25, 0.3) is 0 Å². The van der Waals surface area contributed by atoms with E-state index >= 15 is 0 Å². The number of amides is 2. The van der Waals surface area contributed by atoms with Gasteiger partial charge < -0.3 is 14.7 Å². The van der Waals surface area contributed by atoms with Gasteiger partial charge in [0.15, 0.2) is 0 Å². The number of carbonyl (C=O) groups is 2. The zero-order chi connectivity index (χ0) is 31.1. The third kappa shape index (κ3) is 7.15. The van der Waals surface area contributed by atoms with Crippen LogP contribution >= 0.6 is 23.8 Å². The number of nitrogens with zero attached hydrogens (tertiary/aromatic N) is 4. The van der Waals surface area contributed by atoms with Crippen molar-refractivity contribution >= 4 is 40.6 Å². The van der Waals surface area contributed by atoms with Gasteiger partial charge in [-0.25, -0.2) is 0 Å². The number of carbonyl (C=O) groups excluding carboxylic acids is 2. The second kappa shape index (κ2) is 12.7. The third-order valence-corrected chi connectivity index (χ3v) is 10.9. The van der Waals surface area contributed by atoms with Gasteiger partial charge in [0.2, 0.25) is 11.8 Å². The molecule has 42 heavy (non-hydrogen) atoms. The first-order chi connectivity index (χ1) is 19.5. The molecule has 0 aromatic heterocycles. The minimum Gasteiger partial charge on any atom is -0.371 e. The van der Waals surface area contributed by atoms with Crippen molar-refractivity contribution in [1.82, 2.24) is 19.6 Å². The Kier molecular flexibility index (Phi) is 10.1. The number of likely N-dealkylation sites (tertiary alicyclic amines) is 2. The number of rotatable bonds is 6. The number of benzene rings is 1. The van der Waals surface area contributed by atoms with Crippen LogP contribution in [0.2, 0.25) is 5.02 Å². The largest absolute Gasteiger partial charge is 0.371 e. The molecule has 1 unspecified atom stereocenters. The van der Waals surface area contributed by atoms with Crippen LogP contribution in [0.5, 0.6) is 0 Å². The molecule has 3 aliphatic rings. The first-order valence-corrected chi connectivity index (χ1v) is 16.6. The second-order valence-corrected chi connectivity index (χ2v) is 16.1. The second-order valence-electron chi connectivity index (χ2n) is 15.3. The van der Waals surface area contributed by atoms with Gasteiger partial charge in [0.05, 0.1) is 18.0 Å². The summed E-state index contributed by atoms with van der Waals surface area (Å²) in [7, 11) is 3.93. The van der Waals surface area contributed by atoms with E-state index in [9.17, 15) is 9.59 Å². The number of hydrogen-bond acceptors (Lipinski definition) is 4. The summed E-state index contributed by atoms with van der Waals surface area (Å²) in [6.07, 6.45) is 4.95. The fourth-order valence-corrected chi connectivity index (χ4v) is 7.62. The quantitative estimate of drug-likeness (QED) is 0.343. The van der Waals surface area contributed by atoms with Crippen molar-refractivity contribution < 1.29 is 9.59 Å². The molecule has 1 aromatic carbocycles. The van der Waals surface area contributed by atoms with Gasteiger partial charge in [-0.3, -0.25) is 14.5 Å². The van der Waals surface area contributed by atoms with E-state index in [4.69, 9.17) is 23.8 Å². The van der Waals surface area contributed by atoms with E-state index in [1.807, 2.05) is 49.9 Å². The van der Waals surface area contributed by atoms with Gasteiger partial charge in [-0.1, -0.05) is 63.6 Å². The summed E-state index contributed by atoms with van der Waals surface area (Å²) < 4.78 is 0. The van der Waals surface area contributed by atoms with E-state index in [1.165, 1.54) is 0 Å². The summed E-state index contributed by atoms with van der Waals surface area (Å²) in [5.74, 6) is 0.137. The molecule has 4 atom stereocenters. The van der Waals surface area contributed by atoms with Gasteiger partial charge in [0, 0.05) is 62.2 Å². The molecule has 2 heterocycles. The molecule has 2 aliphatic heterocycles. The van der Waals surface area contributed by atoms with Crippen molar-refractivity contribution in [3.05, 3.63) is 34.9 Å². The molecule has 1 aliphatic carbocycles. The highest BCUT2D eigenvalue weighted by atomic mass is 35.5. The van der Waals surface area contributed by atoms with E-state index in [2.05, 4.69) is 56.6 Å². The molecule has 0 N–H and O–H groups in total. The van der Waals surface area contributed by atoms with Gasteiger partial charge in [-0.2, -0.15) is 0 Å². The molecule has 0 bridgehead atoms. The highest BCUT2D eigenvalue weighted by molar-refractivity contribution is 7.80. The van der Waals surface area contributed by atoms with Crippen LogP contribution in [0.3, 0.4) is 0 Å². The average Bonchev–Trinajstić information content (AvgIpc) is 3.55. The predicted molar refractivity (Wildman–Crippen MR) is 177 cm³/mol. The maximum absolute atomic E-state index is 14.7. The van der Waals surface area contributed by atoms with Crippen molar-refractivity contribution in [2.24, 2.45) is 17.3 Å². The van der Waals surface area contributed by atoms with Gasteiger partial charge in [0.1, 0.15) is 4.99 Å². The van der Waals surface area contributed by atoms with Crippen molar-refractivity contribution in [2.75, 3.05) is 33.7 Å². The minimum atomic E-state index is -0.204. The summed E-state index contributed by atoms with van der Waals surface area (Å²) in [6, 6.07) is 7.97. The standard InChI is InChI=1S/C34H53ClN4O2S/c1-22(2)30(40)39(25-14-16-34(6,7)17-15-25)26-18-29(32(42)36(8)9)38(19-26)31(41)28-21-37(33(3,4)5)20-27(28)23-10-12-24(35)13-11-23/h10-13,22,25-29H,14-21H2,1-9H3/t26-,27-,28?,29-/m0/s1. The maximum atomic E-state index is 14.7. The van der Waals surface area contributed by atoms with Crippen LogP contribution in [0.15, 0.2) is 24.3 Å². The summed E-state index contributed by atoms with van der Waals surface area (Å²) in [5, 5.41) is 0.701. The molecule has 234 valence electrons. The molecule has 4 rings (SSSR count). The molecule has 1 saturated carbocycles. The Balaban J connectivity index is 1.67. The Morgan fingerprint density at radius 2 is 1.60 bits per heavy atom. The lowest BCUT2D eigenvalue weighted by molar-refractivity contribution is -0.142. The average molecular weight is 617 g/mol. The number of likely N-dealkylation sites (N-methyl/N-ethyl adjacent to an activating group) is 1. The van der Waals surface area contributed by atoms with Gasteiger partial charge in [-0.05, 0) is 76.0 Å². The Morgan fingerprint density at radius 3 is 2.12 bits per heavy atom. The first kappa shape index (κ1) is 33.2. The zero-order valence-corrected chi connectivity index (χ0v) is 28.9. The lowest BCUT2D eigenvalue weighted by Crippen LogP contribution is -2.52. The Morgan fingerprint density at radius 1 is 1.00 bits per heavy atom. The Labute approximate surface area is 265 Å². The maximum Gasteiger partial charge on any atom is 0.228 e. The number of thiocarbonyl (C=S) groups is 1. The van der Waals surface area contributed by atoms with Gasteiger partial charge in [-0.15, -0.1) is 0 Å². The SMILES string of the molecule is CC(C)C(=O)N(C1CCC(C)(C)CC1)[C@H]1C[C@@H](C(=S)N(C)C)N(C(=O)C2CN(C(C)(C)C)C[C@H]2c2ccc(Cl)cc2)C1. The summed E-state index contributed by atoms with van der Waals surface area (Å²) >= 11 is 12.2. The molecular weight excluding hydrogens is 564 g/mol. The van der Waals surface area contributed by atoms with Crippen LogP contribution in [0, 0.1) is 17.3 Å². The van der Waals surface area contributed by atoms with Crippen molar-refractivity contribution in [1.29, 1.82) is 0 Å². The smallest absolute Gasteiger partial charge is 0.228 e. The summed E-state index contributed by atoms with van der Waals surface area (Å²) in [6.45, 7) is 17.4. The van der Waals surface area contributed by atoms with E-state index in [0.29, 0.717) is 29.9 Å². The van der Waals surface area contributed by atoms with E-state index in [0.717, 1.165) is 42.8 Å². The highest BCUT2D eigenvalue weighted by Gasteiger charge is 2.50. The molecule has 0 spiro atoms. The van der Waals surface area contributed by atoms with Crippen molar-refractivity contribution in [3.8, 4) is 0 Å². The summed E-state index contributed by atoms with van der Waals surface area (Å²) in [4.78, 5) is 37.9. The molecule has 3 fully saturated rings. The van der Waals surface area contributed by atoms with Crippen LogP contribution in [0.25, 0.3) is 0 Å². The van der Waals surface area contributed by atoms with E-state index in [-0.39, 0.29) is 53.2 Å². The Hall–Kier alpha value is -1.70. The molecule has 2 saturated heterocycles. The lowest BCUT2D eigenvalue weighted by Gasteiger charge is -2.43. The molecule has 2 amide bonds. The van der Waals surface area contributed by atoms with E-state index < -0.39 is 0 Å². The fraction of sp³-hybridized carbons (Fsp3) is 0.735. The zero-order valence-electron chi connectivity index (χ0n) is 27.3. The monoisotopic (exact) mass is 616 g/mol. The van der Waals surface area contributed by atoms with Crippen LogP contribution in [0.1, 0.15) is 92.1 Å². The number of hydrogen-bond donors (Lipinski definition) is 0. The fourth-order valence-electron chi connectivity index (χ4n) is 7.27. The third-order valence-electron chi connectivity index (χ3n) is 10.0. The van der Waals surface area contributed by atoms with Crippen LogP contribution in [-0.2, 0) is 9.59 Å². The van der Waals surface area contributed by atoms with Crippen LogP contribution in [-0.4, -0.2) is 93.8 Å². The van der Waals surface area contributed by atoms with Crippen LogP contribution in [0.4, 0.5) is 0 Å². The molecule has 8 heteroatoms.